The molecule has 2 atom stereocenters. The number of rotatable bonds is 3. The average molecular weight is 225 g/mol. The number of amides is 1. The third-order valence-corrected chi connectivity index (χ3v) is 3.98. The normalized spacial score (nSPS) is 28.6. The number of likely N-dealkylation sites (tertiary alicyclic amines) is 1. The molecule has 2 rings (SSSR count). The molecule has 1 N–H and O–H groups in total. The van der Waals surface area contributed by atoms with Crippen LogP contribution in [0.2, 0.25) is 0 Å². The van der Waals surface area contributed by atoms with Crippen LogP contribution in [0.5, 0.6) is 0 Å². The molecule has 1 aliphatic heterocycles. The van der Waals surface area contributed by atoms with Gasteiger partial charge in [0.25, 0.3) is 0 Å². The molecule has 1 heterocycles. The molecular weight excluding hydrogens is 202 g/mol. The molecule has 0 bridgehead atoms. The second-order valence-corrected chi connectivity index (χ2v) is 5.39. The van der Waals surface area contributed by atoms with Gasteiger partial charge in [0.05, 0.1) is 6.10 Å². The Balaban J connectivity index is 1.94. The van der Waals surface area contributed by atoms with Crippen molar-refractivity contribution in [2.24, 2.45) is 5.92 Å². The van der Waals surface area contributed by atoms with Crippen molar-refractivity contribution in [1.29, 1.82) is 0 Å². The van der Waals surface area contributed by atoms with E-state index in [0.717, 1.165) is 38.6 Å². The number of piperidine rings is 1. The van der Waals surface area contributed by atoms with Crippen molar-refractivity contribution in [2.45, 2.75) is 64.0 Å². The number of aliphatic hydroxyl groups excluding tert-OH is 1. The second kappa shape index (κ2) is 5.17. The molecule has 1 saturated carbocycles. The molecule has 0 aromatic rings. The van der Waals surface area contributed by atoms with E-state index in [9.17, 15) is 9.90 Å². The molecule has 2 aliphatic rings. The summed E-state index contributed by atoms with van der Waals surface area (Å²) in [5, 5.41) is 9.48. The fourth-order valence-corrected chi connectivity index (χ4v) is 2.82. The zero-order chi connectivity index (χ0) is 11.5. The van der Waals surface area contributed by atoms with Crippen LogP contribution in [0.1, 0.15) is 51.9 Å². The van der Waals surface area contributed by atoms with E-state index in [1.165, 1.54) is 12.8 Å². The van der Waals surface area contributed by atoms with E-state index in [-0.39, 0.29) is 6.10 Å². The van der Waals surface area contributed by atoms with E-state index in [2.05, 4.69) is 4.90 Å². The minimum atomic E-state index is -0.292. The lowest BCUT2D eigenvalue weighted by Gasteiger charge is -2.40. The number of carbonyl (C=O) groups is 1. The van der Waals surface area contributed by atoms with E-state index in [0.29, 0.717) is 17.9 Å². The van der Waals surface area contributed by atoms with Gasteiger partial charge in [-0.25, -0.2) is 0 Å². The molecule has 3 heteroatoms. The van der Waals surface area contributed by atoms with Gasteiger partial charge in [-0.3, -0.25) is 4.79 Å². The first-order valence-corrected chi connectivity index (χ1v) is 6.67. The van der Waals surface area contributed by atoms with Crippen LogP contribution in [-0.4, -0.2) is 34.6 Å². The molecule has 0 spiro atoms. The van der Waals surface area contributed by atoms with E-state index < -0.39 is 0 Å². The van der Waals surface area contributed by atoms with Crippen LogP contribution in [0.25, 0.3) is 0 Å². The van der Waals surface area contributed by atoms with Crippen molar-refractivity contribution < 1.29 is 9.90 Å². The van der Waals surface area contributed by atoms with Crippen molar-refractivity contribution in [3.05, 3.63) is 0 Å². The van der Waals surface area contributed by atoms with Gasteiger partial charge in [-0.05, 0) is 45.4 Å². The Bertz CT molecular complexity index is 248. The van der Waals surface area contributed by atoms with Gasteiger partial charge >= 0.3 is 0 Å². The Kier molecular flexibility index (Phi) is 3.85. The van der Waals surface area contributed by atoms with Crippen molar-refractivity contribution in [3.8, 4) is 0 Å². The zero-order valence-corrected chi connectivity index (χ0v) is 10.2. The van der Waals surface area contributed by atoms with E-state index in [1.54, 1.807) is 0 Å². The van der Waals surface area contributed by atoms with E-state index in [1.807, 2.05) is 6.92 Å². The van der Waals surface area contributed by atoms with Gasteiger partial charge < -0.3 is 10.0 Å². The summed E-state index contributed by atoms with van der Waals surface area (Å²) in [6.07, 6.45) is 7.24. The van der Waals surface area contributed by atoms with Crippen LogP contribution in [0.15, 0.2) is 0 Å². The average Bonchev–Trinajstić information content (AvgIpc) is 2.14. The lowest BCUT2D eigenvalue weighted by molar-refractivity contribution is -0.142. The van der Waals surface area contributed by atoms with Gasteiger partial charge in [-0.2, -0.15) is 0 Å². The molecule has 3 nitrogen and oxygen atoms in total. The number of nitrogens with zero attached hydrogens (tertiary/aromatic N) is 1. The Labute approximate surface area is 97.8 Å². The predicted molar refractivity (Wildman–Crippen MR) is 63.0 cm³/mol. The maximum absolute atomic E-state index is 12.2. The maximum Gasteiger partial charge on any atom is 0.225 e. The van der Waals surface area contributed by atoms with Gasteiger partial charge in [0, 0.05) is 18.5 Å². The molecule has 2 fully saturated rings. The third-order valence-electron chi connectivity index (χ3n) is 3.98. The van der Waals surface area contributed by atoms with Gasteiger partial charge in [0.1, 0.15) is 0 Å². The summed E-state index contributed by atoms with van der Waals surface area (Å²) < 4.78 is 0. The Morgan fingerprint density at radius 3 is 2.62 bits per heavy atom. The highest BCUT2D eigenvalue weighted by Gasteiger charge is 2.34. The third kappa shape index (κ3) is 2.57. The number of hydrogen-bond acceptors (Lipinski definition) is 2. The monoisotopic (exact) mass is 225 g/mol. The summed E-state index contributed by atoms with van der Waals surface area (Å²) in [6, 6.07) is 0.293. The SMILES string of the molecule is CC(O)CC1CCCCN1C(=O)C1CCC1. The Hall–Kier alpha value is -0.570. The van der Waals surface area contributed by atoms with Crippen LogP contribution in [0.3, 0.4) is 0 Å². The maximum atomic E-state index is 12.2. The molecule has 0 radical (unpaired) electrons. The van der Waals surface area contributed by atoms with Crippen LogP contribution >= 0.6 is 0 Å². The smallest absolute Gasteiger partial charge is 0.225 e. The molecule has 1 amide bonds. The minimum Gasteiger partial charge on any atom is -0.393 e. The summed E-state index contributed by atoms with van der Waals surface area (Å²) in [4.78, 5) is 14.3. The van der Waals surface area contributed by atoms with Crippen LogP contribution in [0, 0.1) is 5.92 Å². The molecular formula is C13H23NO2. The standard InChI is InChI=1S/C13H23NO2/c1-10(15)9-12-7-2-3-8-14(12)13(16)11-5-4-6-11/h10-12,15H,2-9H2,1H3. The van der Waals surface area contributed by atoms with E-state index >= 15 is 0 Å². The Morgan fingerprint density at radius 1 is 1.31 bits per heavy atom. The molecule has 92 valence electrons. The quantitative estimate of drug-likeness (QED) is 0.797. The predicted octanol–water partition coefficient (Wildman–Crippen LogP) is 1.94. The van der Waals surface area contributed by atoms with Crippen LogP contribution in [-0.2, 0) is 4.79 Å². The van der Waals surface area contributed by atoms with Gasteiger partial charge in [-0.1, -0.05) is 6.42 Å². The topological polar surface area (TPSA) is 40.5 Å². The first-order valence-electron chi connectivity index (χ1n) is 6.67. The van der Waals surface area contributed by atoms with Crippen molar-refractivity contribution in [2.75, 3.05) is 6.54 Å². The Morgan fingerprint density at radius 2 is 2.06 bits per heavy atom. The summed E-state index contributed by atoms with van der Waals surface area (Å²) >= 11 is 0. The van der Waals surface area contributed by atoms with Crippen LogP contribution < -0.4 is 0 Å². The van der Waals surface area contributed by atoms with Crippen LogP contribution in [0.4, 0.5) is 0 Å². The van der Waals surface area contributed by atoms with Gasteiger partial charge in [-0.15, -0.1) is 0 Å². The number of carbonyl (C=O) groups excluding carboxylic acids is 1. The molecule has 1 saturated heterocycles. The lowest BCUT2D eigenvalue weighted by atomic mass is 9.83. The van der Waals surface area contributed by atoms with Gasteiger partial charge in [0.2, 0.25) is 5.91 Å². The minimum absolute atomic E-state index is 0.292. The molecule has 2 unspecified atom stereocenters. The second-order valence-electron chi connectivity index (χ2n) is 5.39. The highest BCUT2D eigenvalue weighted by molar-refractivity contribution is 5.80. The molecule has 16 heavy (non-hydrogen) atoms. The molecule has 1 aliphatic carbocycles. The number of aliphatic hydroxyl groups is 1. The number of hydrogen-bond donors (Lipinski definition) is 1. The summed E-state index contributed by atoms with van der Waals surface area (Å²) in [5.74, 6) is 0.659. The fraction of sp³-hybridized carbons (Fsp3) is 0.923. The molecule has 0 aromatic heterocycles. The highest BCUT2D eigenvalue weighted by atomic mass is 16.3. The zero-order valence-electron chi connectivity index (χ0n) is 10.2. The van der Waals surface area contributed by atoms with Gasteiger partial charge in [0.15, 0.2) is 0 Å². The lowest BCUT2D eigenvalue weighted by Crippen LogP contribution is -2.48. The summed E-state index contributed by atoms with van der Waals surface area (Å²) in [7, 11) is 0. The van der Waals surface area contributed by atoms with Crippen molar-refractivity contribution >= 4 is 5.91 Å². The highest BCUT2D eigenvalue weighted by Crippen LogP contribution is 2.31. The van der Waals surface area contributed by atoms with E-state index in [4.69, 9.17) is 0 Å². The first-order chi connectivity index (χ1) is 7.68. The van der Waals surface area contributed by atoms with Crippen molar-refractivity contribution in [1.82, 2.24) is 4.90 Å². The van der Waals surface area contributed by atoms with Crippen molar-refractivity contribution in [3.63, 3.8) is 0 Å². The molecule has 0 aromatic carbocycles. The summed E-state index contributed by atoms with van der Waals surface area (Å²) in [6.45, 7) is 2.73. The first kappa shape index (κ1) is 11.9. The summed E-state index contributed by atoms with van der Waals surface area (Å²) in [5.41, 5.74) is 0. The largest absolute Gasteiger partial charge is 0.393 e. The fourth-order valence-electron chi connectivity index (χ4n) is 2.82.